The lowest BCUT2D eigenvalue weighted by Gasteiger charge is -2.12. The van der Waals surface area contributed by atoms with Crippen LogP contribution in [0.4, 0.5) is 22.0 Å². The van der Waals surface area contributed by atoms with Crippen LogP contribution >= 0.6 is 0 Å². The van der Waals surface area contributed by atoms with E-state index in [2.05, 4.69) is 61.8 Å². The molecule has 1 aliphatic carbocycles. The molecule has 0 radical (unpaired) electrons. The minimum absolute atomic E-state index is 0.252. The van der Waals surface area contributed by atoms with Gasteiger partial charge >= 0.3 is 0 Å². The van der Waals surface area contributed by atoms with Crippen LogP contribution in [0.1, 0.15) is 58.6 Å². The van der Waals surface area contributed by atoms with E-state index in [0.29, 0.717) is 11.9 Å². The molecule has 0 aliphatic heterocycles. The van der Waals surface area contributed by atoms with Crippen LogP contribution in [0.5, 0.6) is 0 Å². The first-order chi connectivity index (χ1) is 16.0. The second-order valence-electron chi connectivity index (χ2n) is 7.13. The van der Waals surface area contributed by atoms with Crippen LogP contribution in [0.15, 0.2) is 67.3 Å². The maximum Gasteiger partial charge on any atom is 0.224 e. The lowest BCUT2D eigenvalue weighted by molar-refractivity contribution is 0.668. The molecule has 1 unspecified atom stereocenters. The Morgan fingerprint density at radius 3 is 2.73 bits per heavy atom. The van der Waals surface area contributed by atoms with Gasteiger partial charge < -0.3 is 16.0 Å². The van der Waals surface area contributed by atoms with Crippen molar-refractivity contribution in [2.24, 2.45) is 0 Å². The fraction of sp³-hybridized carbons (Fsp3) is 0.400. The summed E-state index contributed by atoms with van der Waals surface area (Å²) >= 11 is 0. The van der Waals surface area contributed by atoms with Gasteiger partial charge in [0.05, 0.1) is 0 Å². The van der Waals surface area contributed by atoms with Crippen LogP contribution < -0.4 is 16.0 Å². The van der Waals surface area contributed by atoms with Gasteiger partial charge in [0.25, 0.3) is 0 Å². The quantitative estimate of drug-likeness (QED) is 0.311. The lowest BCUT2D eigenvalue weighted by atomic mass is 10.2. The summed E-state index contributed by atoms with van der Waals surface area (Å²) in [5.41, 5.74) is 1.20. The number of hydrogen-bond donors (Lipinski definition) is 4. The molecule has 180 valence electrons. The molecule has 1 saturated carbocycles. The van der Waals surface area contributed by atoms with Gasteiger partial charge in [-0.25, -0.2) is 9.37 Å². The van der Waals surface area contributed by atoms with E-state index in [1.54, 1.807) is 18.3 Å². The lowest BCUT2D eigenvalue weighted by Crippen LogP contribution is -2.16. The molecule has 0 bridgehead atoms. The van der Waals surface area contributed by atoms with Gasteiger partial charge in [0.15, 0.2) is 5.82 Å². The molecule has 3 rings (SSSR count). The van der Waals surface area contributed by atoms with Crippen LogP contribution in [0, 0.1) is 0 Å². The predicted molar refractivity (Wildman–Crippen MR) is 137 cm³/mol. The smallest absolute Gasteiger partial charge is 0.224 e. The average molecular weight is 456 g/mol. The molecular weight excluding hydrogens is 417 g/mol. The van der Waals surface area contributed by atoms with E-state index in [4.69, 9.17) is 0 Å². The number of allylic oxidation sites excluding steroid dienone is 5. The van der Waals surface area contributed by atoms with Crippen molar-refractivity contribution in [3.05, 3.63) is 73.0 Å². The highest BCUT2D eigenvalue weighted by Crippen LogP contribution is 2.39. The number of rotatable bonds is 10. The summed E-state index contributed by atoms with van der Waals surface area (Å²) in [6, 6.07) is 4.14. The third kappa shape index (κ3) is 11.7. The Morgan fingerprint density at radius 1 is 1.33 bits per heavy atom. The average Bonchev–Trinajstić information content (AvgIpc) is 3.58. The minimum atomic E-state index is -0.303. The molecule has 7 nitrogen and oxygen atoms in total. The first kappa shape index (κ1) is 27.6. The summed E-state index contributed by atoms with van der Waals surface area (Å²) in [6.45, 7) is 11.2. The highest BCUT2D eigenvalue weighted by Gasteiger charge is 2.25. The highest BCUT2D eigenvalue weighted by atomic mass is 19.1. The number of aromatic nitrogens is 4. The molecule has 2 aromatic heterocycles. The number of hydrogen-bond acceptors (Lipinski definition) is 6. The molecule has 8 heteroatoms. The topological polar surface area (TPSA) is 90.6 Å². The first-order valence-electron chi connectivity index (χ1n) is 11.4. The van der Waals surface area contributed by atoms with Crippen LogP contribution in [0.3, 0.4) is 0 Å². The van der Waals surface area contributed by atoms with Crippen molar-refractivity contribution in [3.8, 4) is 0 Å². The maximum absolute atomic E-state index is 12.0. The Morgan fingerprint density at radius 2 is 2.09 bits per heavy atom. The summed E-state index contributed by atoms with van der Waals surface area (Å²) in [4.78, 5) is 8.74. The molecule has 2 aromatic rings. The summed E-state index contributed by atoms with van der Waals surface area (Å²) in [5, 5.41) is 16.8. The van der Waals surface area contributed by atoms with Gasteiger partial charge in [0, 0.05) is 37.0 Å². The normalized spacial score (nSPS) is 14.1. The van der Waals surface area contributed by atoms with E-state index in [1.165, 1.54) is 30.7 Å². The second kappa shape index (κ2) is 16.2. The SMILES string of the molecule is C=C/C(F)=C\C=C/C.CC.CN/C=C/CC(C)Nc1nccc(Nc2cc(C3CC3)[nH]n2)n1. The zero-order valence-electron chi connectivity index (χ0n) is 20.4. The van der Waals surface area contributed by atoms with Crippen molar-refractivity contribution in [2.45, 2.75) is 58.9 Å². The number of anilines is 3. The molecule has 33 heavy (non-hydrogen) atoms. The molecule has 1 fully saturated rings. The van der Waals surface area contributed by atoms with Crippen molar-refractivity contribution >= 4 is 17.6 Å². The molecule has 0 amide bonds. The molecule has 1 atom stereocenters. The summed E-state index contributed by atoms with van der Waals surface area (Å²) in [5.74, 6) is 2.49. The third-order valence-electron chi connectivity index (χ3n) is 4.32. The van der Waals surface area contributed by atoms with Crippen LogP contribution in [-0.4, -0.2) is 33.3 Å². The fourth-order valence-corrected chi connectivity index (χ4v) is 2.56. The first-order valence-corrected chi connectivity index (χ1v) is 11.4. The third-order valence-corrected chi connectivity index (χ3v) is 4.32. The van der Waals surface area contributed by atoms with E-state index in [1.807, 2.05) is 40.1 Å². The fourth-order valence-electron chi connectivity index (χ4n) is 2.56. The number of H-pyrrole nitrogens is 1. The van der Waals surface area contributed by atoms with Gasteiger partial charge in [-0.3, -0.25) is 5.10 Å². The minimum Gasteiger partial charge on any atom is -0.394 e. The molecule has 0 spiro atoms. The Kier molecular flexibility index (Phi) is 13.6. The van der Waals surface area contributed by atoms with Crippen molar-refractivity contribution < 1.29 is 4.39 Å². The van der Waals surface area contributed by atoms with Crippen molar-refractivity contribution in [1.82, 2.24) is 25.5 Å². The van der Waals surface area contributed by atoms with E-state index in [9.17, 15) is 4.39 Å². The van der Waals surface area contributed by atoms with Gasteiger partial charge in [0.2, 0.25) is 5.95 Å². The van der Waals surface area contributed by atoms with Gasteiger partial charge in [-0.1, -0.05) is 38.7 Å². The van der Waals surface area contributed by atoms with Crippen molar-refractivity contribution in [1.29, 1.82) is 0 Å². The Bertz CT molecular complexity index is 898. The molecule has 0 saturated heterocycles. The Balaban J connectivity index is 0.000000464. The van der Waals surface area contributed by atoms with E-state index < -0.39 is 0 Å². The van der Waals surface area contributed by atoms with Crippen molar-refractivity contribution in [2.75, 3.05) is 17.7 Å². The van der Waals surface area contributed by atoms with Crippen LogP contribution in [0.25, 0.3) is 0 Å². The monoisotopic (exact) mass is 455 g/mol. The summed E-state index contributed by atoms with van der Waals surface area (Å²) in [6.07, 6.45) is 15.0. The number of nitrogens with one attached hydrogen (secondary N) is 4. The Hall–Kier alpha value is -3.42. The second-order valence-corrected chi connectivity index (χ2v) is 7.13. The molecule has 4 N–H and O–H groups in total. The van der Waals surface area contributed by atoms with Crippen LogP contribution in [0.2, 0.25) is 0 Å². The predicted octanol–water partition coefficient (Wildman–Crippen LogP) is 6.37. The Labute approximate surface area is 197 Å². The van der Waals surface area contributed by atoms with E-state index in [0.717, 1.165) is 18.1 Å². The summed E-state index contributed by atoms with van der Waals surface area (Å²) < 4.78 is 12.0. The molecule has 2 heterocycles. The maximum atomic E-state index is 12.0. The van der Waals surface area contributed by atoms with Gasteiger partial charge in [0.1, 0.15) is 11.6 Å². The van der Waals surface area contributed by atoms with E-state index in [-0.39, 0.29) is 11.9 Å². The summed E-state index contributed by atoms with van der Waals surface area (Å²) in [7, 11) is 1.89. The van der Waals surface area contributed by atoms with Crippen molar-refractivity contribution in [3.63, 3.8) is 0 Å². The zero-order chi connectivity index (χ0) is 24.5. The molecule has 1 aliphatic rings. The molecule has 0 aromatic carbocycles. The highest BCUT2D eigenvalue weighted by molar-refractivity contribution is 5.53. The zero-order valence-corrected chi connectivity index (χ0v) is 20.4. The largest absolute Gasteiger partial charge is 0.394 e. The van der Waals surface area contributed by atoms with E-state index >= 15 is 0 Å². The van der Waals surface area contributed by atoms with Gasteiger partial charge in [-0.15, -0.1) is 0 Å². The van der Waals surface area contributed by atoms with Gasteiger partial charge in [-0.2, -0.15) is 10.1 Å². The number of aromatic amines is 1. The van der Waals surface area contributed by atoms with Gasteiger partial charge in [-0.05, 0) is 57.5 Å². The molecular formula is C25H38FN7. The number of halogens is 1. The number of nitrogens with zero attached hydrogens (tertiary/aromatic N) is 3. The van der Waals surface area contributed by atoms with Crippen LogP contribution in [-0.2, 0) is 0 Å². The standard InChI is InChI=1S/C16H23N7.C7H9F.C2H6/c1-11(4-3-8-17-2)19-16-18-9-7-14(21-16)20-15-10-13(22-23-15)12-5-6-12;1-3-5-6-7(8)4-2;1-2/h3,7-12,17H,4-6H2,1-2H3,(H3,18,19,20,21,22,23);3-6H,2H2,1H3;1-2H3/b8-3+;5-3-,7-6+;.